The molecule has 0 unspecified atom stereocenters. The average Bonchev–Trinajstić information content (AvgIpc) is 3.44. The second-order valence-corrected chi connectivity index (χ2v) is 7.89. The molecule has 30 heavy (non-hydrogen) atoms. The number of nitrogens with one attached hydrogen (secondary N) is 1. The fourth-order valence-corrected chi connectivity index (χ4v) is 4.31. The van der Waals surface area contributed by atoms with Crippen molar-refractivity contribution in [2.24, 2.45) is 0 Å². The van der Waals surface area contributed by atoms with Crippen molar-refractivity contribution in [2.45, 2.75) is 26.2 Å². The van der Waals surface area contributed by atoms with Crippen LogP contribution < -0.4 is 15.1 Å². The van der Waals surface area contributed by atoms with Crippen LogP contribution in [0.15, 0.2) is 54.6 Å². The van der Waals surface area contributed by atoms with Crippen molar-refractivity contribution < 1.29 is 4.79 Å². The predicted octanol–water partition coefficient (Wildman–Crippen LogP) is 4.33. The summed E-state index contributed by atoms with van der Waals surface area (Å²) in [6.45, 7) is 4.75. The van der Waals surface area contributed by atoms with Crippen LogP contribution >= 0.6 is 0 Å². The van der Waals surface area contributed by atoms with Gasteiger partial charge >= 0.3 is 0 Å². The molecule has 0 saturated carbocycles. The van der Waals surface area contributed by atoms with E-state index in [1.165, 1.54) is 24.1 Å². The maximum atomic E-state index is 13.2. The van der Waals surface area contributed by atoms with Crippen molar-refractivity contribution in [1.82, 2.24) is 9.97 Å². The summed E-state index contributed by atoms with van der Waals surface area (Å²) in [6.07, 6.45) is 3.40. The van der Waals surface area contributed by atoms with Crippen molar-refractivity contribution in [2.75, 3.05) is 34.8 Å². The zero-order chi connectivity index (χ0) is 20.5. The molecule has 0 radical (unpaired) electrons. The number of fused-ring (bicyclic) bond motifs is 1. The quantitative estimate of drug-likeness (QED) is 0.707. The third kappa shape index (κ3) is 3.61. The van der Waals surface area contributed by atoms with Gasteiger partial charge in [0.15, 0.2) is 0 Å². The van der Waals surface area contributed by atoms with Gasteiger partial charge in [0.2, 0.25) is 0 Å². The van der Waals surface area contributed by atoms with Gasteiger partial charge in [-0.2, -0.15) is 0 Å². The Morgan fingerprint density at radius 3 is 2.53 bits per heavy atom. The normalized spacial score (nSPS) is 15.4. The zero-order valence-corrected chi connectivity index (χ0v) is 17.1. The van der Waals surface area contributed by atoms with E-state index in [9.17, 15) is 4.79 Å². The maximum absolute atomic E-state index is 13.2. The third-order valence-corrected chi connectivity index (χ3v) is 5.80. The lowest BCUT2D eigenvalue weighted by Gasteiger charge is -2.18. The fourth-order valence-electron chi connectivity index (χ4n) is 4.31. The van der Waals surface area contributed by atoms with Crippen molar-refractivity contribution in [1.29, 1.82) is 0 Å². The number of anilines is 4. The van der Waals surface area contributed by atoms with E-state index < -0.39 is 0 Å². The van der Waals surface area contributed by atoms with Crippen LogP contribution in [-0.2, 0) is 6.42 Å². The van der Waals surface area contributed by atoms with Gasteiger partial charge in [-0.05, 0) is 62.1 Å². The summed E-state index contributed by atoms with van der Waals surface area (Å²) >= 11 is 0. The van der Waals surface area contributed by atoms with Gasteiger partial charge < -0.3 is 15.1 Å². The van der Waals surface area contributed by atoms with Crippen molar-refractivity contribution in [3.8, 4) is 0 Å². The Labute approximate surface area is 176 Å². The summed E-state index contributed by atoms with van der Waals surface area (Å²) in [4.78, 5) is 26.3. The molecule has 1 aromatic heterocycles. The lowest BCUT2D eigenvalue weighted by atomic mass is 10.2. The van der Waals surface area contributed by atoms with E-state index in [0.29, 0.717) is 23.9 Å². The van der Waals surface area contributed by atoms with Gasteiger partial charge in [0.25, 0.3) is 5.91 Å². The highest BCUT2D eigenvalue weighted by molar-refractivity contribution is 6.06. The molecular weight excluding hydrogens is 374 g/mol. The number of carbonyl (C=O) groups is 1. The van der Waals surface area contributed by atoms with Crippen LogP contribution in [0.3, 0.4) is 0 Å². The highest BCUT2D eigenvalue weighted by Gasteiger charge is 2.26. The van der Waals surface area contributed by atoms with E-state index in [1.54, 1.807) is 6.07 Å². The van der Waals surface area contributed by atoms with Crippen LogP contribution in [0.4, 0.5) is 22.9 Å². The number of benzene rings is 2. The Kier molecular flexibility index (Phi) is 4.83. The summed E-state index contributed by atoms with van der Waals surface area (Å²) in [5.74, 6) is 1.12. The SMILES string of the molecule is Cc1nc(Nc2ccc(N3CCCC3)cc2)cc(C(=O)N2CCc3ccccc32)n1. The second-order valence-electron chi connectivity index (χ2n) is 7.89. The first kappa shape index (κ1) is 18.6. The largest absolute Gasteiger partial charge is 0.372 e. The number of aryl methyl sites for hydroxylation is 1. The Morgan fingerprint density at radius 2 is 1.73 bits per heavy atom. The summed E-state index contributed by atoms with van der Waals surface area (Å²) in [6, 6.07) is 18.2. The van der Waals surface area contributed by atoms with E-state index in [2.05, 4.69) is 50.5 Å². The third-order valence-electron chi connectivity index (χ3n) is 5.80. The molecule has 2 aliphatic heterocycles. The molecule has 6 nitrogen and oxygen atoms in total. The topological polar surface area (TPSA) is 61.4 Å². The molecule has 3 aromatic rings. The van der Waals surface area contributed by atoms with Crippen molar-refractivity contribution in [3.63, 3.8) is 0 Å². The number of nitrogens with zero attached hydrogens (tertiary/aromatic N) is 4. The number of hydrogen-bond donors (Lipinski definition) is 1. The Morgan fingerprint density at radius 1 is 0.967 bits per heavy atom. The van der Waals surface area contributed by atoms with Crippen LogP contribution in [-0.4, -0.2) is 35.5 Å². The molecule has 0 atom stereocenters. The lowest BCUT2D eigenvalue weighted by Crippen LogP contribution is -2.30. The lowest BCUT2D eigenvalue weighted by molar-refractivity contribution is 0.0984. The van der Waals surface area contributed by atoms with Gasteiger partial charge in [-0.3, -0.25) is 4.79 Å². The molecule has 2 aliphatic rings. The van der Waals surface area contributed by atoms with Gasteiger partial charge in [-0.25, -0.2) is 9.97 Å². The van der Waals surface area contributed by atoms with Gasteiger partial charge in [0, 0.05) is 42.8 Å². The second kappa shape index (κ2) is 7.78. The number of carbonyl (C=O) groups excluding carboxylic acids is 1. The molecular formula is C24H25N5O. The molecule has 0 bridgehead atoms. The van der Waals surface area contributed by atoms with Gasteiger partial charge in [-0.1, -0.05) is 18.2 Å². The van der Waals surface area contributed by atoms with Crippen molar-refractivity contribution in [3.05, 3.63) is 71.7 Å². The van der Waals surface area contributed by atoms with Crippen LogP contribution in [0, 0.1) is 6.92 Å². The van der Waals surface area contributed by atoms with Crippen molar-refractivity contribution >= 4 is 28.8 Å². The van der Waals surface area contributed by atoms with Gasteiger partial charge in [0.05, 0.1) is 0 Å². The molecule has 152 valence electrons. The number of rotatable bonds is 4. The van der Waals surface area contributed by atoms with Crippen LogP contribution in [0.5, 0.6) is 0 Å². The molecule has 1 fully saturated rings. The van der Waals surface area contributed by atoms with Crippen LogP contribution in [0.1, 0.15) is 34.7 Å². The van der Waals surface area contributed by atoms with E-state index >= 15 is 0 Å². The summed E-state index contributed by atoms with van der Waals surface area (Å²) in [7, 11) is 0. The Bertz CT molecular complexity index is 1070. The number of para-hydroxylation sites is 1. The summed E-state index contributed by atoms with van der Waals surface area (Å²) in [5, 5.41) is 3.33. The summed E-state index contributed by atoms with van der Waals surface area (Å²) in [5.41, 5.74) is 4.79. The molecule has 6 heteroatoms. The van der Waals surface area contributed by atoms with E-state index in [-0.39, 0.29) is 5.91 Å². The molecule has 5 rings (SSSR count). The average molecular weight is 399 g/mol. The molecule has 3 heterocycles. The molecule has 1 amide bonds. The first-order valence-corrected chi connectivity index (χ1v) is 10.5. The smallest absolute Gasteiger partial charge is 0.277 e. The van der Waals surface area contributed by atoms with E-state index in [1.807, 2.05) is 30.0 Å². The summed E-state index contributed by atoms with van der Waals surface area (Å²) < 4.78 is 0. The standard InChI is InChI=1S/C24H25N5O/c1-17-25-21(24(30)29-15-12-18-6-2-3-7-22(18)29)16-23(26-17)27-19-8-10-20(11-9-19)28-13-4-5-14-28/h2-3,6-11,16H,4-5,12-15H2,1H3,(H,25,26,27). The number of hydrogen-bond acceptors (Lipinski definition) is 5. The molecule has 0 spiro atoms. The van der Waals surface area contributed by atoms with Crippen LogP contribution in [0.2, 0.25) is 0 Å². The molecule has 0 aliphatic carbocycles. The molecule has 2 aromatic carbocycles. The number of aromatic nitrogens is 2. The fraction of sp³-hybridized carbons (Fsp3) is 0.292. The molecule has 1 N–H and O–H groups in total. The molecule has 1 saturated heterocycles. The highest BCUT2D eigenvalue weighted by atomic mass is 16.2. The Hall–Kier alpha value is -3.41. The maximum Gasteiger partial charge on any atom is 0.277 e. The first-order chi connectivity index (χ1) is 14.7. The van der Waals surface area contributed by atoms with E-state index in [0.717, 1.165) is 30.9 Å². The number of amides is 1. The van der Waals surface area contributed by atoms with Gasteiger partial charge in [-0.15, -0.1) is 0 Å². The van der Waals surface area contributed by atoms with Crippen LogP contribution in [0.25, 0.3) is 0 Å². The van der Waals surface area contributed by atoms with Gasteiger partial charge in [0.1, 0.15) is 17.3 Å². The zero-order valence-electron chi connectivity index (χ0n) is 17.1. The van der Waals surface area contributed by atoms with E-state index in [4.69, 9.17) is 0 Å². The minimum atomic E-state index is -0.0853. The minimum Gasteiger partial charge on any atom is -0.372 e. The predicted molar refractivity (Wildman–Crippen MR) is 120 cm³/mol. The Balaban J connectivity index is 1.35. The highest BCUT2D eigenvalue weighted by Crippen LogP contribution is 2.29. The monoisotopic (exact) mass is 399 g/mol. The first-order valence-electron chi connectivity index (χ1n) is 10.5. The minimum absolute atomic E-state index is 0.0853.